The highest BCUT2D eigenvalue weighted by atomic mass is 19.1. The molecular weight excluding hydrogens is 321 g/mol. The van der Waals surface area contributed by atoms with E-state index >= 15 is 0 Å². The van der Waals surface area contributed by atoms with Crippen LogP contribution < -0.4 is 5.32 Å². The molecule has 0 bridgehead atoms. The number of piperazine rings is 1. The Hall–Kier alpha value is -1.95. The predicted octanol–water partition coefficient (Wildman–Crippen LogP) is 2.49. The fraction of sp³-hybridized carbons (Fsp3) is 0.579. The SMILES string of the molecule is CC(=O)N1CCN(C(C(=O)Nc2cccc(F)c2)C2CCCC2)CC1. The second-order valence-corrected chi connectivity index (χ2v) is 7.03. The molecule has 25 heavy (non-hydrogen) atoms. The topological polar surface area (TPSA) is 52.7 Å². The van der Waals surface area contributed by atoms with Gasteiger partial charge < -0.3 is 10.2 Å². The maximum Gasteiger partial charge on any atom is 0.242 e. The maximum absolute atomic E-state index is 13.4. The molecule has 6 heteroatoms. The van der Waals surface area contributed by atoms with Crippen LogP contribution in [-0.4, -0.2) is 53.8 Å². The van der Waals surface area contributed by atoms with E-state index in [1.807, 2.05) is 4.90 Å². The molecule has 2 amide bonds. The van der Waals surface area contributed by atoms with E-state index in [-0.39, 0.29) is 23.7 Å². The monoisotopic (exact) mass is 347 g/mol. The molecule has 1 aliphatic heterocycles. The fourth-order valence-electron chi connectivity index (χ4n) is 4.05. The molecule has 1 heterocycles. The number of nitrogens with one attached hydrogen (secondary N) is 1. The van der Waals surface area contributed by atoms with Gasteiger partial charge in [-0.3, -0.25) is 14.5 Å². The lowest BCUT2D eigenvalue weighted by Crippen LogP contribution is -2.56. The van der Waals surface area contributed by atoms with Gasteiger partial charge in [-0.25, -0.2) is 4.39 Å². The molecule has 136 valence electrons. The summed E-state index contributed by atoms with van der Waals surface area (Å²) in [6.45, 7) is 4.31. The first-order valence-electron chi connectivity index (χ1n) is 9.10. The van der Waals surface area contributed by atoms with Gasteiger partial charge in [0.2, 0.25) is 11.8 Å². The van der Waals surface area contributed by atoms with Crippen LogP contribution >= 0.6 is 0 Å². The van der Waals surface area contributed by atoms with Crippen LogP contribution in [0.3, 0.4) is 0 Å². The minimum Gasteiger partial charge on any atom is -0.340 e. The third-order valence-corrected chi connectivity index (χ3v) is 5.36. The van der Waals surface area contributed by atoms with Crippen LogP contribution in [0.1, 0.15) is 32.6 Å². The smallest absolute Gasteiger partial charge is 0.242 e. The van der Waals surface area contributed by atoms with E-state index in [1.54, 1.807) is 19.1 Å². The average Bonchev–Trinajstić information content (AvgIpc) is 3.09. The molecule has 5 nitrogen and oxygen atoms in total. The van der Waals surface area contributed by atoms with Crippen LogP contribution in [0.15, 0.2) is 24.3 Å². The summed E-state index contributed by atoms with van der Waals surface area (Å²) in [5.74, 6) is -0.00206. The van der Waals surface area contributed by atoms with Gasteiger partial charge in [0.1, 0.15) is 5.82 Å². The molecule has 3 rings (SSSR count). The Morgan fingerprint density at radius 1 is 1.16 bits per heavy atom. The number of hydrogen-bond donors (Lipinski definition) is 1. The first kappa shape index (κ1) is 17.9. The van der Waals surface area contributed by atoms with Crippen LogP contribution in [0.5, 0.6) is 0 Å². The number of amides is 2. The van der Waals surface area contributed by atoms with Gasteiger partial charge in [0, 0.05) is 38.8 Å². The molecule has 1 aromatic rings. The van der Waals surface area contributed by atoms with Crippen LogP contribution in [0, 0.1) is 11.7 Å². The standard InChI is InChI=1S/C19H26FN3O2/c1-14(24)22-9-11-23(12-10-22)18(15-5-2-3-6-15)19(25)21-17-8-4-7-16(20)13-17/h4,7-8,13,15,18H,2-3,5-6,9-12H2,1H3,(H,21,25). The molecule has 1 aliphatic carbocycles. The van der Waals surface area contributed by atoms with Gasteiger partial charge in [0.05, 0.1) is 6.04 Å². The second kappa shape index (κ2) is 7.95. The lowest BCUT2D eigenvalue weighted by atomic mass is 9.95. The summed E-state index contributed by atoms with van der Waals surface area (Å²) in [5.41, 5.74) is 0.496. The summed E-state index contributed by atoms with van der Waals surface area (Å²) in [5, 5.41) is 2.89. The van der Waals surface area contributed by atoms with Gasteiger partial charge >= 0.3 is 0 Å². The highest BCUT2D eigenvalue weighted by molar-refractivity contribution is 5.95. The number of nitrogens with zero attached hydrogens (tertiary/aromatic N) is 2. The molecule has 2 aliphatic rings. The van der Waals surface area contributed by atoms with Crippen LogP contribution in [0.2, 0.25) is 0 Å². The third-order valence-electron chi connectivity index (χ3n) is 5.36. The van der Waals surface area contributed by atoms with Crippen molar-refractivity contribution in [1.29, 1.82) is 0 Å². The lowest BCUT2D eigenvalue weighted by molar-refractivity contribution is -0.132. The Morgan fingerprint density at radius 3 is 2.44 bits per heavy atom. The van der Waals surface area contributed by atoms with Crippen molar-refractivity contribution in [2.45, 2.75) is 38.6 Å². The normalized spacial score (nSPS) is 20.5. The highest BCUT2D eigenvalue weighted by Gasteiger charge is 2.37. The maximum atomic E-state index is 13.4. The van der Waals surface area contributed by atoms with Gasteiger partial charge in [0.15, 0.2) is 0 Å². The molecule has 0 aromatic heterocycles. The number of hydrogen-bond acceptors (Lipinski definition) is 3. The largest absolute Gasteiger partial charge is 0.340 e. The van der Waals surface area contributed by atoms with E-state index in [2.05, 4.69) is 10.2 Å². The zero-order valence-corrected chi connectivity index (χ0v) is 14.7. The summed E-state index contributed by atoms with van der Waals surface area (Å²) in [6.07, 6.45) is 4.41. The molecule has 1 aromatic carbocycles. The van der Waals surface area contributed by atoms with E-state index in [9.17, 15) is 14.0 Å². The van der Waals surface area contributed by atoms with Crippen molar-refractivity contribution in [3.05, 3.63) is 30.1 Å². The lowest BCUT2D eigenvalue weighted by Gasteiger charge is -2.40. The van der Waals surface area contributed by atoms with E-state index in [0.29, 0.717) is 37.8 Å². The average molecular weight is 347 g/mol. The number of halogens is 1. The van der Waals surface area contributed by atoms with Crippen molar-refractivity contribution in [3.63, 3.8) is 0 Å². The summed E-state index contributed by atoms with van der Waals surface area (Å²) in [7, 11) is 0. The van der Waals surface area contributed by atoms with Crippen molar-refractivity contribution in [2.24, 2.45) is 5.92 Å². The van der Waals surface area contributed by atoms with Crippen molar-refractivity contribution in [1.82, 2.24) is 9.80 Å². The highest BCUT2D eigenvalue weighted by Crippen LogP contribution is 2.31. The van der Waals surface area contributed by atoms with Crippen LogP contribution in [-0.2, 0) is 9.59 Å². The first-order valence-corrected chi connectivity index (χ1v) is 9.10. The molecule has 0 spiro atoms. The van der Waals surface area contributed by atoms with Crippen LogP contribution in [0.4, 0.5) is 10.1 Å². The summed E-state index contributed by atoms with van der Waals surface area (Å²) in [6, 6.07) is 5.81. The zero-order chi connectivity index (χ0) is 17.8. The number of benzene rings is 1. The summed E-state index contributed by atoms with van der Waals surface area (Å²) in [4.78, 5) is 28.5. The molecule has 0 radical (unpaired) electrons. The molecule has 1 atom stereocenters. The number of carbonyl (C=O) groups excluding carboxylic acids is 2. The second-order valence-electron chi connectivity index (χ2n) is 7.03. The minimum absolute atomic E-state index is 0.0613. The van der Waals surface area contributed by atoms with Crippen molar-refractivity contribution in [2.75, 3.05) is 31.5 Å². The molecular formula is C19H26FN3O2. The Labute approximate surface area is 148 Å². The van der Waals surface area contributed by atoms with Gasteiger partial charge in [-0.15, -0.1) is 0 Å². The van der Waals surface area contributed by atoms with E-state index in [0.717, 1.165) is 25.7 Å². The Balaban J connectivity index is 1.71. The Morgan fingerprint density at radius 2 is 1.84 bits per heavy atom. The van der Waals surface area contributed by atoms with E-state index in [4.69, 9.17) is 0 Å². The zero-order valence-electron chi connectivity index (χ0n) is 14.7. The van der Waals surface area contributed by atoms with Gasteiger partial charge in [-0.2, -0.15) is 0 Å². The van der Waals surface area contributed by atoms with Gasteiger partial charge in [0.25, 0.3) is 0 Å². The number of rotatable bonds is 4. The molecule has 1 unspecified atom stereocenters. The fourth-order valence-corrected chi connectivity index (χ4v) is 4.05. The summed E-state index contributed by atoms with van der Waals surface area (Å²) >= 11 is 0. The summed E-state index contributed by atoms with van der Waals surface area (Å²) < 4.78 is 13.4. The molecule has 2 fully saturated rings. The van der Waals surface area contributed by atoms with Gasteiger partial charge in [-0.05, 0) is 37.0 Å². The number of anilines is 1. The first-order chi connectivity index (χ1) is 12.0. The van der Waals surface area contributed by atoms with Crippen molar-refractivity contribution < 1.29 is 14.0 Å². The van der Waals surface area contributed by atoms with E-state index in [1.165, 1.54) is 12.1 Å². The quantitative estimate of drug-likeness (QED) is 0.910. The van der Waals surface area contributed by atoms with E-state index < -0.39 is 0 Å². The molecule has 1 saturated heterocycles. The third kappa shape index (κ3) is 4.37. The predicted molar refractivity (Wildman–Crippen MR) is 94.6 cm³/mol. The minimum atomic E-state index is -0.356. The Bertz CT molecular complexity index is 623. The Kier molecular flexibility index (Phi) is 5.68. The van der Waals surface area contributed by atoms with Crippen molar-refractivity contribution in [3.8, 4) is 0 Å². The van der Waals surface area contributed by atoms with Crippen molar-refractivity contribution >= 4 is 17.5 Å². The molecule has 1 saturated carbocycles. The number of carbonyl (C=O) groups is 2. The van der Waals surface area contributed by atoms with Gasteiger partial charge in [-0.1, -0.05) is 18.9 Å². The molecule has 1 N–H and O–H groups in total. The van der Waals surface area contributed by atoms with Crippen LogP contribution in [0.25, 0.3) is 0 Å².